The van der Waals surface area contributed by atoms with Crippen LogP contribution in [0, 0.1) is 0 Å². The van der Waals surface area contributed by atoms with Crippen molar-refractivity contribution in [1.82, 2.24) is 0 Å². The molecule has 2 aromatic heterocycles. The van der Waals surface area contributed by atoms with Gasteiger partial charge in [0.25, 0.3) is 0 Å². The van der Waals surface area contributed by atoms with Gasteiger partial charge in [-0.1, -0.05) is 95.2 Å². The number of ether oxygens (including phenoxy) is 8. The molecule has 0 amide bonds. The summed E-state index contributed by atoms with van der Waals surface area (Å²) in [7, 11) is -6.54. The maximum Gasteiger partial charge on any atom is 0.453 e. The monoisotopic (exact) mass is 888 g/mol. The Morgan fingerprint density at radius 3 is 1.10 bits per heavy atom. The topological polar surface area (TPSA) is 145 Å². The lowest BCUT2D eigenvalue weighted by Crippen LogP contribution is -2.04. The van der Waals surface area contributed by atoms with Crippen molar-refractivity contribution in [3.8, 4) is 5.75 Å². The fourth-order valence-corrected chi connectivity index (χ4v) is 12.7. The van der Waals surface area contributed by atoms with E-state index < -0.39 is 51.9 Å². The minimum atomic E-state index is -2.25. The number of fused-ring (bicyclic) bond motifs is 6. The van der Waals surface area contributed by atoms with Crippen molar-refractivity contribution in [2.24, 2.45) is 0 Å². The minimum absolute atomic E-state index is 0.471. The third-order valence-electron chi connectivity index (χ3n) is 10.7. The highest BCUT2D eigenvalue weighted by Crippen LogP contribution is 2.58. The zero-order chi connectivity index (χ0) is 40.9. The van der Waals surface area contributed by atoms with Crippen molar-refractivity contribution in [3.63, 3.8) is 0 Å². The van der Waals surface area contributed by atoms with Crippen LogP contribution in [-0.2, 0) is 37.9 Å². The molecule has 0 bridgehead atoms. The minimum Gasteiger partial charge on any atom is -0.398 e. The van der Waals surface area contributed by atoms with Gasteiger partial charge in [-0.3, -0.25) is 0 Å². The van der Waals surface area contributed by atoms with Crippen molar-refractivity contribution in [2.45, 2.75) is 30.1 Å². The molecule has 5 aromatic carbocycles. The maximum absolute atomic E-state index is 7.05. The van der Waals surface area contributed by atoms with E-state index in [1.165, 1.54) is 0 Å². The predicted octanol–water partition coefficient (Wildman–Crippen LogP) is 11.4. The molecule has 4 saturated heterocycles. The van der Waals surface area contributed by atoms with E-state index in [4.69, 9.17) is 63.2 Å². The summed E-state index contributed by atoms with van der Waals surface area (Å²) in [5.74, 6) is 0.503. The molecule has 4 fully saturated rings. The molecule has 0 spiro atoms. The van der Waals surface area contributed by atoms with Gasteiger partial charge < -0.3 is 59.2 Å². The number of hydrogen-bond donors (Lipinski definition) is 0. The smallest absolute Gasteiger partial charge is 0.398 e. The Balaban J connectivity index is 1.05. The van der Waals surface area contributed by atoms with Gasteiger partial charge in [-0.2, -0.15) is 0 Å². The SMILES string of the molecule is CS(C)(Op1oc2c(C3OCCO3)cccc2c2cccc(C3OCCO3)c2o1)c1ccccc1Op1oc2c(C3OCCO3)cccc2c2cccc(C3OCCO3)c2o1. The predicted molar refractivity (Wildman–Crippen MR) is 228 cm³/mol. The zero-order valence-corrected chi connectivity index (χ0v) is 35.8. The Bertz CT molecular complexity index is 2660. The van der Waals surface area contributed by atoms with Crippen LogP contribution in [0.4, 0.5) is 0 Å². The molecule has 0 atom stereocenters. The Morgan fingerprint density at radius 2 is 0.738 bits per heavy atom. The molecule has 4 aliphatic rings. The first-order valence-corrected chi connectivity index (χ1v) is 24.5. The molecule has 0 aliphatic carbocycles. The average Bonchev–Trinajstić information content (AvgIpc) is 4.13. The first-order valence-electron chi connectivity index (χ1n) is 20.0. The second-order valence-electron chi connectivity index (χ2n) is 14.8. The van der Waals surface area contributed by atoms with Crippen LogP contribution in [0.15, 0.2) is 119 Å². The molecule has 4 aliphatic heterocycles. The van der Waals surface area contributed by atoms with Gasteiger partial charge in [0.1, 0.15) is 0 Å². The van der Waals surface area contributed by atoms with E-state index in [-0.39, 0.29) is 0 Å². The lowest BCUT2D eigenvalue weighted by molar-refractivity contribution is -0.0437. The van der Waals surface area contributed by atoms with Crippen LogP contribution < -0.4 is 8.49 Å². The van der Waals surface area contributed by atoms with Crippen LogP contribution in [0.2, 0.25) is 0 Å². The normalized spacial score (nSPS) is 18.7. The van der Waals surface area contributed by atoms with E-state index in [1.54, 1.807) is 0 Å². The standard InChI is InChI=1S/C44H42O14P2S/c1-61(2,58-60-56-39-29(11-7-15-33(39)43-49-23-24-50-43)30-12-8-16-34(40(30)57-60)44-51-25-26-52-44)36-18-4-3-17-35(36)53-59-54-37-27(9-5-13-31(37)41-45-19-20-46-41)28-10-6-14-32(38(28)55-59)42-47-21-22-48-42/h3-18,41-44H,19-26H2,1-2H3. The van der Waals surface area contributed by atoms with Crippen LogP contribution in [0.25, 0.3) is 43.9 Å². The first-order chi connectivity index (χ1) is 30.0. The molecule has 11 rings (SSSR count). The maximum atomic E-state index is 7.05. The molecule has 17 heteroatoms. The lowest BCUT2D eigenvalue weighted by Gasteiger charge is -2.30. The molecule has 0 unspecified atom stereocenters. The Kier molecular flexibility index (Phi) is 10.9. The number of hydrogen-bond acceptors (Lipinski definition) is 14. The molecule has 318 valence electrons. The summed E-state index contributed by atoms with van der Waals surface area (Å²) in [5, 5.41) is 3.22. The Hall–Kier alpha value is -4.31. The first kappa shape index (κ1) is 39.5. The highest BCUT2D eigenvalue weighted by Gasteiger charge is 2.31. The second kappa shape index (κ2) is 16.8. The van der Waals surface area contributed by atoms with E-state index in [0.717, 1.165) is 48.7 Å². The fourth-order valence-electron chi connectivity index (χ4n) is 7.98. The molecule has 7 aromatic rings. The van der Waals surface area contributed by atoms with Gasteiger partial charge in [0.15, 0.2) is 53.2 Å². The molecule has 14 nitrogen and oxygen atoms in total. The summed E-state index contributed by atoms with van der Waals surface area (Å²) >= 11 is 0. The van der Waals surface area contributed by atoms with Gasteiger partial charge in [0.2, 0.25) is 0 Å². The van der Waals surface area contributed by atoms with Crippen molar-refractivity contribution in [3.05, 3.63) is 119 Å². The van der Waals surface area contributed by atoms with E-state index in [9.17, 15) is 0 Å². The molecule has 61 heavy (non-hydrogen) atoms. The summed E-state index contributed by atoms with van der Waals surface area (Å²) in [6.45, 7) is 3.78. The van der Waals surface area contributed by atoms with E-state index in [1.807, 2.05) is 110 Å². The molecule has 6 heterocycles. The van der Waals surface area contributed by atoms with Gasteiger partial charge in [0, 0.05) is 21.5 Å². The largest absolute Gasteiger partial charge is 0.453 e. The lowest BCUT2D eigenvalue weighted by atomic mass is 10.0. The van der Waals surface area contributed by atoms with Crippen molar-refractivity contribution >= 4 is 70.7 Å². The van der Waals surface area contributed by atoms with Crippen LogP contribution in [0.3, 0.4) is 0 Å². The summed E-state index contributed by atoms with van der Waals surface area (Å²) in [5.41, 5.74) is 5.15. The summed E-state index contributed by atoms with van der Waals surface area (Å²) < 4.78 is 89.0. The van der Waals surface area contributed by atoms with Gasteiger partial charge in [-0.05, 0) is 24.6 Å². The summed E-state index contributed by atoms with van der Waals surface area (Å²) in [4.78, 5) is 0.770. The van der Waals surface area contributed by atoms with Crippen molar-refractivity contribution < 1.29 is 63.2 Å². The fraction of sp³-hybridized carbons (Fsp3) is 0.318. The van der Waals surface area contributed by atoms with Crippen molar-refractivity contribution in [1.29, 1.82) is 0 Å². The van der Waals surface area contributed by atoms with Gasteiger partial charge >= 0.3 is 16.5 Å². The third kappa shape index (κ3) is 7.56. The molecular formula is C44H42O14P2S. The van der Waals surface area contributed by atoms with Crippen LogP contribution in [0.5, 0.6) is 5.75 Å². The van der Waals surface area contributed by atoms with Crippen LogP contribution in [0.1, 0.15) is 47.4 Å². The molecular weight excluding hydrogens is 846 g/mol. The number of para-hydroxylation sites is 5. The average molecular weight is 889 g/mol. The van der Waals surface area contributed by atoms with E-state index in [2.05, 4.69) is 0 Å². The Labute approximate surface area is 353 Å². The number of benzene rings is 5. The second-order valence-corrected chi connectivity index (χ2v) is 20.2. The van der Waals surface area contributed by atoms with Crippen LogP contribution >= 0.6 is 26.8 Å². The summed E-state index contributed by atoms with van der Waals surface area (Å²) in [6.07, 6.45) is 1.60. The van der Waals surface area contributed by atoms with Gasteiger partial charge in [-0.25, -0.2) is 3.97 Å². The molecule has 0 N–H and O–H groups in total. The summed E-state index contributed by atoms with van der Waals surface area (Å²) in [6, 6.07) is 31.3. The van der Waals surface area contributed by atoms with Gasteiger partial charge in [0.05, 0.1) is 80.0 Å². The zero-order valence-electron chi connectivity index (χ0n) is 33.2. The molecule has 0 saturated carbocycles. The van der Waals surface area contributed by atoms with Crippen molar-refractivity contribution in [2.75, 3.05) is 65.4 Å². The van der Waals surface area contributed by atoms with Gasteiger partial charge in [-0.15, -0.1) is 0 Å². The third-order valence-corrected chi connectivity index (χ3v) is 15.8. The molecule has 0 radical (unpaired) electrons. The Morgan fingerprint density at radius 1 is 0.410 bits per heavy atom. The quantitative estimate of drug-likeness (QED) is 0.135. The highest BCUT2D eigenvalue weighted by atomic mass is 32.3. The number of rotatable bonds is 9. The van der Waals surface area contributed by atoms with E-state index >= 15 is 0 Å². The van der Waals surface area contributed by atoms with E-state index in [0.29, 0.717) is 80.9 Å². The van der Waals surface area contributed by atoms with Crippen LogP contribution in [-0.4, -0.2) is 65.4 Å². The highest BCUT2D eigenvalue weighted by molar-refractivity contribution is 8.30.